The van der Waals surface area contributed by atoms with E-state index in [4.69, 9.17) is 15.5 Å². The molecule has 3 aromatic carbocycles. The number of fused-ring (bicyclic) bond motifs is 1. The van der Waals surface area contributed by atoms with Crippen LogP contribution in [0.15, 0.2) is 84.9 Å². The molecule has 3 N–H and O–H groups in total. The molecule has 0 spiro atoms. The van der Waals surface area contributed by atoms with Crippen molar-refractivity contribution in [2.45, 2.75) is 13.3 Å². The summed E-state index contributed by atoms with van der Waals surface area (Å²) in [5.41, 5.74) is 13.2. The number of thiophene rings is 1. The Morgan fingerprint density at radius 3 is 2.36 bits per heavy atom. The molecule has 0 saturated carbocycles. The molecule has 5 nitrogen and oxygen atoms in total. The molecule has 0 aliphatic heterocycles. The number of nitrogen functional groups attached to an aromatic ring is 1. The van der Waals surface area contributed by atoms with Gasteiger partial charge in [0.05, 0.1) is 18.5 Å². The van der Waals surface area contributed by atoms with E-state index < -0.39 is 0 Å². The molecule has 0 aliphatic rings. The lowest BCUT2D eigenvalue weighted by atomic mass is 9.98. The SMILES string of the molecule is COc1ccc(-c2cc(-c3ccc(C)cc3)c3c(N)c(C(=O)NCCc4ccccc4)sc3n2)cc1. The van der Waals surface area contributed by atoms with Crippen molar-refractivity contribution in [3.8, 4) is 28.1 Å². The van der Waals surface area contributed by atoms with Crippen LogP contribution < -0.4 is 15.8 Å². The molecular formula is C30H27N3O2S. The van der Waals surface area contributed by atoms with Crippen LogP contribution >= 0.6 is 11.3 Å². The van der Waals surface area contributed by atoms with Gasteiger partial charge >= 0.3 is 0 Å². The highest BCUT2D eigenvalue weighted by atomic mass is 32.1. The molecule has 0 unspecified atom stereocenters. The summed E-state index contributed by atoms with van der Waals surface area (Å²) in [6.45, 7) is 2.59. The topological polar surface area (TPSA) is 77.2 Å². The zero-order valence-corrected chi connectivity index (χ0v) is 21.1. The zero-order chi connectivity index (χ0) is 25.1. The quantitative estimate of drug-likeness (QED) is 0.271. The van der Waals surface area contributed by atoms with Gasteiger partial charge in [-0.1, -0.05) is 60.2 Å². The molecule has 0 aliphatic carbocycles. The van der Waals surface area contributed by atoms with E-state index in [1.165, 1.54) is 22.5 Å². The second-order valence-electron chi connectivity index (χ2n) is 8.67. The maximum atomic E-state index is 13.1. The number of aryl methyl sites for hydroxylation is 1. The third kappa shape index (κ3) is 4.81. The lowest BCUT2D eigenvalue weighted by molar-refractivity contribution is 0.0959. The number of hydrogen-bond acceptors (Lipinski definition) is 5. The fraction of sp³-hybridized carbons (Fsp3) is 0.133. The molecule has 6 heteroatoms. The molecule has 2 aromatic heterocycles. The van der Waals surface area contributed by atoms with Gasteiger partial charge in [0, 0.05) is 17.5 Å². The van der Waals surface area contributed by atoms with Crippen molar-refractivity contribution >= 4 is 33.1 Å². The van der Waals surface area contributed by atoms with Crippen molar-refractivity contribution in [1.82, 2.24) is 10.3 Å². The predicted octanol–water partition coefficient (Wildman–Crippen LogP) is 6.50. The van der Waals surface area contributed by atoms with E-state index in [1.807, 2.05) is 42.5 Å². The molecule has 36 heavy (non-hydrogen) atoms. The number of carbonyl (C=O) groups is 1. The molecular weight excluding hydrogens is 466 g/mol. The molecule has 180 valence electrons. The van der Waals surface area contributed by atoms with Crippen LogP contribution in [0.3, 0.4) is 0 Å². The maximum absolute atomic E-state index is 13.1. The summed E-state index contributed by atoms with van der Waals surface area (Å²) < 4.78 is 5.31. The Morgan fingerprint density at radius 1 is 0.972 bits per heavy atom. The number of ether oxygens (including phenoxy) is 1. The van der Waals surface area contributed by atoms with E-state index in [2.05, 4.69) is 54.7 Å². The number of carbonyl (C=O) groups excluding carboxylic acids is 1. The van der Waals surface area contributed by atoms with Gasteiger partial charge in [-0.2, -0.15) is 0 Å². The van der Waals surface area contributed by atoms with Crippen molar-refractivity contribution in [3.05, 3.63) is 101 Å². The third-order valence-corrected chi connectivity index (χ3v) is 7.29. The number of pyridine rings is 1. The minimum absolute atomic E-state index is 0.174. The van der Waals surface area contributed by atoms with E-state index in [-0.39, 0.29) is 5.91 Å². The van der Waals surface area contributed by atoms with E-state index in [0.717, 1.165) is 44.8 Å². The number of nitrogens with two attached hydrogens (primary N) is 1. The summed E-state index contributed by atoms with van der Waals surface area (Å²) in [6, 6.07) is 28.3. The number of methoxy groups -OCH3 is 1. The highest BCUT2D eigenvalue weighted by molar-refractivity contribution is 7.21. The fourth-order valence-electron chi connectivity index (χ4n) is 4.21. The van der Waals surface area contributed by atoms with E-state index >= 15 is 0 Å². The van der Waals surface area contributed by atoms with Crippen LogP contribution in [0.5, 0.6) is 5.75 Å². The Kier molecular flexibility index (Phi) is 6.69. The van der Waals surface area contributed by atoms with E-state index in [1.54, 1.807) is 7.11 Å². The van der Waals surface area contributed by atoms with Crippen LogP contribution in [0.25, 0.3) is 32.6 Å². The maximum Gasteiger partial charge on any atom is 0.263 e. The van der Waals surface area contributed by atoms with Crippen LogP contribution in [0.2, 0.25) is 0 Å². The van der Waals surface area contributed by atoms with Crippen molar-refractivity contribution in [1.29, 1.82) is 0 Å². The first-order valence-electron chi connectivity index (χ1n) is 11.8. The van der Waals surface area contributed by atoms with Gasteiger partial charge in [0.15, 0.2) is 0 Å². The third-order valence-electron chi connectivity index (χ3n) is 6.20. The number of nitrogens with one attached hydrogen (secondary N) is 1. The standard InChI is InChI=1S/C30H27N3O2S/c1-19-8-10-21(11-9-19)24-18-25(22-12-14-23(35-2)15-13-22)33-30-26(24)27(31)28(36-30)29(34)32-17-16-20-6-4-3-5-7-20/h3-15,18H,16-17,31H2,1-2H3,(H,32,34). The van der Waals surface area contributed by atoms with Crippen molar-refractivity contribution in [2.24, 2.45) is 0 Å². The number of anilines is 1. The van der Waals surface area contributed by atoms with Crippen molar-refractivity contribution < 1.29 is 9.53 Å². The van der Waals surface area contributed by atoms with Gasteiger partial charge in [-0.25, -0.2) is 4.98 Å². The monoisotopic (exact) mass is 493 g/mol. The molecule has 0 saturated heterocycles. The van der Waals surface area contributed by atoms with Crippen LogP contribution in [0.1, 0.15) is 20.8 Å². The molecule has 0 bridgehead atoms. The first-order valence-corrected chi connectivity index (χ1v) is 12.6. The molecule has 0 atom stereocenters. The first-order chi connectivity index (χ1) is 17.5. The molecule has 5 rings (SSSR count). The minimum atomic E-state index is -0.174. The van der Waals surface area contributed by atoms with Crippen LogP contribution in [-0.4, -0.2) is 24.5 Å². The minimum Gasteiger partial charge on any atom is -0.497 e. The summed E-state index contributed by atoms with van der Waals surface area (Å²) in [4.78, 5) is 19.3. The average molecular weight is 494 g/mol. The molecule has 0 radical (unpaired) electrons. The van der Waals surface area contributed by atoms with E-state index in [9.17, 15) is 4.79 Å². The molecule has 1 amide bonds. The number of rotatable bonds is 7. The summed E-state index contributed by atoms with van der Waals surface area (Å²) in [5.74, 6) is 0.612. The Balaban J connectivity index is 1.54. The molecule has 2 heterocycles. The van der Waals surface area contributed by atoms with Gasteiger partial charge in [-0.15, -0.1) is 11.3 Å². The summed E-state index contributed by atoms with van der Waals surface area (Å²) in [7, 11) is 1.65. The number of hydrogen-bond donors (Lipinski definition) is 2. The average Bonchev–Trinajstić information content (AvgIpc) is 3.25. The van der Waals surface area contributed by atoms with Crippen LogP contribution in [0, 0.1) is 6.92 Å². The largest absolute Gasteiger partial charge is 0.497 e. The first kappa shape index (κ1) is 23.6. The summed E-state index contributed by atoms with van der Waals surface area (Å²) in [5, 5.41) is 3.84. The lowest BCUT2D eigenvalue weighted by Crippen LogP contribution is -2.25. The summed E-state index contributed by atoms with van der Waals surface area (Å²) >= 11 is 1.33. The van der Waals surface area contributed by atoms with Crippen molar-refractivity contribution in [3.63, 3.8) is 0 Å². The van der Waals surface area contributed by atoms with Gasteiger partial charge in [-0.05, 0) is 60.4 Å². The normalized spacial score (nSPS) is 10.9. The number of amides is 1. The zero-order valence-electron chi connectivity index (χ0n) is 20.2. The van der Waals surface area contributed by atoms with E-state index in [0.29, 0.717) is 17.1 Å². The predicted molar refractivity (Wildman–Crippen MR) is 149 cm³/mol. The van der Waals surface area contributed by atoms with Crippen LogP contribution in [0.4, 0.5) is 5.69 Å². The molecule has 0 fully saturated rings. The van der Waals surface area contributed by atoms with Crippen LogP contribution in [-0.2, 0) is 6.42 Å². The van der Waals surface area contributed by atoms with Gasteiger partial charge in [-0.3, -0.25) is 4.79 Å². The Hall–Kier alpha value is -4.16. The second kappa shape index (κ2) is 10.2. The molecule has 5 aromatic rings. The van der Waals surface area contributed by atoms with Gasteiger partial charge in [0.1, 0.15) is 15.5 Å². The Morgan fingerprint density at radius 2 is 1.67 bits per heavy atom. The number of aromatic nitrogens is 1. The highest BCUT2D eigenvalue weighted by Crippen LogP contribution is 2.41. The number of nitrogens with zero attached hydrogens (tertiary/aromatic N) is 1. The lowest BCUT2D eigenvalue weighted by Gasteiger charge is -2.10. The fourth-order valence-corrected chi connectivity index (χ4v) is 5.24. The van der Waals surface area contributed by atoms with Gasteiger partial charge in [0.2, 0.25) is 0 Å². The Bertz CT molecular complexity index is 1510. The summed E-state index contributed by atoms with van der Waals surface area (Å²) in [6.07, 6.45) is 0.756. The highest BCUT2D eigenvalue weighted by Gasteiger charge is 2.21. The van der Waals surface area contributed by atoms with Crippen molar-refractivity contribution in [2.75, 3.05) is 19.4 Å². The van der Waals surface area contributed by atoms with Gasteiger partial charge in [0.25, 0.3) is 5.91 Å². The van der Waals surface area contributed by atoms with Gasteiger partial charge < -0.3 is 15.8 Å². The number of benzene rings is 3. The smallest absolute Gasteiger partial charge is 0.263 e. The second-order valence-corrected chi connectivity index (χ2v) is 9.67. The Labute approximate surface area is 214 Å².